The minimum atomic E-state index is -4.06. The second-order valence-electron chi connectivity index (χ2n) is 6.04. The Morgan fingerprint density at radius 3 is 2.32 bits per heavy atom. The fourth-order valence-electron chi connectivity index (χ4n) is 2.56. The summed E-state index contributed by atoms with van der Waals surface area (Å²) in [6.07, 6.45) is 0. The number of para-hydroxylation sites is 1. The minimum absolute atomic E-state index is 0.0403. The van der Waals surface area contributed by atoms with Crippen molar-refractivity contribution < 1.29 is 13.2 Å². The number of urea groups is 1. The van der Waals surface area contributed by atoms with E-state index in [2.05, 4.69) is 10.4 Å². The average Bonchev–Trinajstić information content (AvgIpc) is 2.97. The number of rotatable bonds is 4. The van der Waals surface area contributed by atoms with E-state index in [0.717, 1.165) is 5.56 Å². The molecule has 28 heavy (non-hydrogen) atoms. The number of nitrogens with zero attached hydrogens (tertiary/aromatic N) is 3. The summed E-state index contributed by atoms with van der Waals surface area (Å²) in [5.41, 5.74) is 2.06. The van der Waals surface area contributed by atoms with E-state index in [1.54, 1.807) is 43.3 Å². The number of carbonyl (C=O) groups is 1. The molecule has 0 bridgehead atoms. The largest absolute Gasteiger partial charge is 0.334 e. The lowest BCUT2D eigenvalue weighted by Gasteiger charge is -2.11. The number of aryl methyl sites for hydroxylation is 2. The Hall–Kier alpha value is -3.64. The Balaban J connectivity index is 1.90. The number of amides is 2. The van der Waals surface area contributed by atoms with Crippen LogP contribution in [0.1, 0.15) is 16.8 Å². The zero-order valence-electron chi connectivity index (χ0n) is 15.2. The molecule has 1 aromatic heterocycles. The van der Waals surface area contributed by atoms with E-state index in [4.69, 9.17) is 0 Å². The average molecular weight is 395 g/mol. The summed E-state index contributed by atoms with van der Waals surface area (Å²) in [4.78, 5) is 12.3. The monoisotopic (exact) mass is 395 g/mol. The van der Waals surface area contributed by atoms with Crippen LogP contribution in [0.5, 0.6) is 0 Å². The Morgan fingerprint density at radius 1 is 1.07 bits per heavy atom. The quantitative estimate of drug-likeness (QED) is 0.704. The molecule has 9 heteroatoms. The van der Waals surface area contributed by atoms with Gasteiger partial charge in [0.2, 0.25) is 0 Å². The highest BCUT2D eigenvalue weighted by molar-refractivity contribution is 7.90. The van der Waals surface area contributed by atoms with Gasteiger partial charge in [-0.2, -0.15) is 10.4 Å². The Labute approximate surface area is 162 Å². The number of sulfonamides is 1. The number of carbonyl (C=O) groups excluding carboxylic acids is 1. The first-order valence-corrected chi connectivity index (χ1v) is 9.76. The van der Waals surface area contributed by atoms with Gasteiger partial charge in [-0.15, -0.1) is 0 Å². The van der Waals surface area contributed by atoms with Gasteiger partial charge in [0.15, 0.2) is 5.82 Å². The molecular weight excluding hydrogens is 378 g/mol. The molecule has 0 fully saturated rings. The van der Waals surface area contributed by atoms with Gasteiger partial charge < -0.3 is 0 Å². The molecule has 3 rings (SSSR count). The third kappa shape index (κ3) is 3.87. The summed E-state index contributed by atoms with van der Waals surface area (Å²) < 4.78 is 28.1. The van der Waals surface area contributed by atoms with Crippen LogP contribution in [0.3, 0.4) is 0 Å². The van der Waals surface area contributed by atoms with E-state index in [0.29, 0.717) is 11.4 Å². The van der Waals surface area contributed by atoms with Crippen molar-refractivity contribution in [2.24, 2.45) is 0 Å². The molecule has 2 N–H and O–H groups in total. The highest BCUT2D eigenvalue weighted by Crippen LogP contribution is 2.23. The number of anilines is 1. The standard InChI is InChI=1S/C19H17N5O3S/c1-13-8-10-16(11-9-13)28(26,27)23-19(25)21-18-17(12-20)14(2)22-24(18)15-6-4-3-5-7-15/h3-11H,1-2H3,(H2,21,23,25). The number of hydrogen-bond donors (Lipinski definition) is 2. The van der Waals surface area contributed by atoms with Crippen LogP contribution in [0.15, 0.2) is 59.5 Å². The van der Waals surface area contributed by atoms with Crippen molar-refractivity contribution in [1.29, 1.82) is 5.26 Å². The minimum Gasteiger partial charge on any atom is -0.290 e. The van der Waals surface area contributed by atoms with Crippen molar-refractivity contribution in [3.05, 3.63) is 71.4 Å². The molecule has 8 nitrogen and oxygen atoms in total. The summed E-state index contributed by atoms with van der Waals surface area (Å²) in [5, 5.41) is 16.1. The van der Waals surface area contributed by atoms with Gasteiger partial charge >= 0.3 is 6.03 Å². The molecule has 2 aromatic carbocycles. The molecule has 0 aliphatic rings. The fraction of sp³-hybridized carbons (Fsp3) is 0.105. The van der Waals surface area contributed by atoms with Gasteiger partial charge in [-0.05, 0) is 38.1 Å². The molecule has 0 atom stereocenters. The number of benzene rings is 2. The highest BCUT2D eigenvalue weighted by atomic mass is 32.2. The van der Waals surface area contributed by atoms with Crippen LogP contribution in [-0.2, 0) is 10.0 Å². The first kappa shape index (κ1) is 19.1. The molecule has 0 aliphatic heterocycles. The van der Waals surface area contributed by atoms with Crippen LogP contribution >= 0.6 is 0 Å². The third-order valence-corrected chi connectivity index (χ3v) is 5.31. The molecule has 0 unspecified atom stereocenters. The zero-order valence-corrected chi connectivity index (χ0v) is 16.0. The van der Waals surface area contributed by atoms with Gasteiger partial charge in [-0.1, -0.05) is 35.9 Å². The molecular formula is C19H17N5O3S. The molecule has 1 heterocycles. The van der Waals surface area contributed by atoms with Crippen LogP contribution in [0.2, 0.25) is 0 Å². The molecule has 142 valence electrons. The molecule has 2 amide bonds. The number of hydrogen-bond acceptors (Lipinski definition) is 5. The first-order valence-electron chi connectivity index (χ1n) is 8.27. The van der Waals surface area contributed by atoms with Crippen LogP contribution in [0.4, 0.5) is 10.6 Å². The molecule has 0 saturated carbocycles. The molecule has 3 aromatic rings. The van der Waals surface area contributed by atoms with Gasteiger partial charge in [0, 0.05) is 0 Å². The number of nitrogens with one attached hydrogen (secondary N) is 2. The smallest absolute Gasteiger partial charge is 0.290 e. The van der Waals surface area contributed by atoms with Crippen LogP contribution in [0, 0.1) is 25.2 Å². The van der Waals surface area contributed by atoms with Gasteiger partial charge in [0.25, 0.3) is 10.0 Å². The second kappa shape index (κ2) is 7.54. The van der Waals surface area contributed by atoms with Crippen LogP contribution in [0.25, 0.3) is 5.69 Å². The number of aromatic nitrogens is 2. The summed E-state index contributed by atoms with van der Waals surface area (Å²) in [6.45, 7) is 3.46. The third-order valence-electron chi connectivity index (χ3n) is 3.96. The summed E-state index contributed by atoms with van der Waals surface area (Å²) in [7, 11) is -4.06. The molecule has 0 saturated heterocycles. The second-order valence-corrected chi connectivity index (χ2v) is 7.72. The maximum Gasteiger partial charge on any atom is 0.334 e. The predicted molar refractivity (Wildman–Crippen MR) is 104 cm³/mol. The lowest BCUT2D eigenvalue weighted by atomic mass is 10.2. The Bertz CT molecular complexity index is 1160. The maximum absolute atomic E-state index is 12.4. The lowest BCUT2D eigenvalue weighted by molar-refractivity contribution is 0.256. The van der Waals surface area contributed by atoms with Gasteiger partial charge in [0.05, 0.1) is 16.3 Å². The van der Waals surface area contributed by atoms with Crippen molar-refractivity contribution >= 4 is 21.9 Å². The van der Waals surface area contributed by atoms with Gasteiger partial charge in [0.1, 0.15) is 11.6 Å². The Kier molecular flexibility index (Phi) is 5.15. The predicted octanol–water partition coefficient (Wildman–Crippen LogP) is 2.87. The van der Waals surface area contributed by atoms with Crippen molar-refractivity contribution in [2.75, 3.05) is 5.32 Å². The topological polar surface area (TPSA) is 117 Å². The summed E-state index contributed by atoms with van der Waals surface area (Å²) in [6, 6.07) is 16.0. The van der Waals surface area contributed by atoms with E-state index in [-0.39, 0.29) is 16.3 Å². The highest BCUT2D eigenvalue weighted by Gasteiger charge is 2.22. The van der Waals surface area contributed by atoms with Crippen LogP contribution < -0.4 is 10.0 Å². The van der Waals surface area contributed by atoms with E-state index in [1.165, 1.54) is 16.8 Å². The van der Waals surface area contributed by atoms with Crippen molar-refractivity contribution in [1.82, 2.24) is 14.5 Å². The maximum atomic E-state index is 12.4. The van der Waals surface area contributed by atoms with E-state index in [9.17, 15) is 18.5 Å². The van der Waals surface area contributed by atoms with E-state index < -0.39 is 16.1 Å². The van der Waals surface area contributed by atoms with Crippen LogP contribution in [-0.4, -0.2) is 24.2 Å². The molecule has 0 aliphatic carbocycles. The Morgan fingerprint density at radius 2 is 1.71 bits per heavy atom. The van der Waals surface area contributed by atoms with Gasteiger partial charge in [-0.25, -0.2) is 22.6 Å². The van der Waals surface area contributed by atoms with Crippen molar-refractivity contribution in [3.8, 4) is 11.8 Å². The molecule has 0 radical (unpaired) electrons. The molecule has 0 spiro atoms. The summed E-state index contributed by atoms with van der Waals surface area (Å²) >= 11 is 0. The van der Waals surface area contributed by atoms with Gasteiger partial charge in [-0.3, -0.25) is 5.32 Å². The fourth-order valence-corrected chi connectivity index (χ4v) is 3.47. The normalized spacial score (nSPS) is 10.9. The number of nitriles is 1. The van der Waals surface area contributed by atoms with Crippen molar-refractivity contribution in [2.45, 2.75) is 18.7 Å². The SMILES string of the molecule is Cc1ccc(S(=O)(=O)NC(=O)Nc2c(C#N)c(C)nn2-c2ccccc2)cc1. The lowest BCUT2D eigenvalue weighted by Crippen LogP contribution is -2.35. The first-order chi connectivity index (χ1) is 13.3. The van der Waals surface area contributed by atoms with Crippen molar-refractivity contribution in [3.63, 3.8) is 0 Å². The van der Waals surface area contributed by atoms with E-state index in [1.807, 2.05) is 23.8 Å². The summed E-state index contributed by atoms with van der Waals surface area (Å²) in [5.74, 6) is 0.0859. The van der Waals surface area contributed by atoms with E-state index >= 15 is 0 Å². The zero-order chi connectivity index (χ0) is 20.3.